The van der Waals surface area contributed by atoms with Gasteiger partial charge < -0.3 is 5.73 Å². The molecule has 1 aromatic carbocycles. The van der Waals surface area contributed by atoms with Crippen molar-refractivity contribution in [1.82, 2.24) is 0 Å². The van der Waals surface area contributed by atoms with Gasteiger partial charge in [0.25, 0.3) is 10.1 Å². The Morgan fingerprint density at radius 3 is 2.22 bits per heavy atom. The molecule has 0 saturated carbocycles. The zero-order valence-corrected chi connectivity index (χ0v) is 11.6. The first-order valence-electron chi connectivity index (χ1n) is 4.61. The zero-order chi connectivity index (χ0) is 14.1. The first-order valence-corrected chi connectivity index (χ1v) is 7.94. The molecule has 1 aromatic rings. The van der Waals surface area contributed by atoms with Gasteiger partial charge >= 0.3 is 0 Å². The number of anilines is 1. The van der Waals surface area contributed by atoms with Crippen LogP contribution in [0.4, 0.5) is 5.69 Å². The van der Waals surface area contributed by atoms with Gasteiger partial charge in [-0.15, -0.1) is 0 Å². The van der Waals surface area contributed by atoms with E-state index in [1.54, 1.807) is 0 Å². The molecular weight excluding hydrogens is 304 g/mol. The SMILES string of the molecule is CCOS(=O)(=O)c1cc(S(N)(=O)=O)c(N)cc1Cl. The van der Waals surface area contributed by atoms with Gasteiger partial charge in [-0.05, 0) is 19.1 Å². The van der Waals surface area contributed by atoms with Crippen molar-refractivity contribution in [1.29, 1.82) is 0 Å². The Bertz CT molecular complexity index is 669. The van der Waals surface area contributed by atoms with Crippen LogP contribution in [0.3, 0.4) is 0 Å². The molecule has 7 nitrogen and oxygen atoms in total. The summed E-state index contributed by atoms with van der Waals surface area (Å²) in [6.07, 6.45) is 0. The van der Waals surface area contributed by atoms with E-state index in [0.29, 0.717) is 0 Å². The largest absolute Gasteiger partial charge is 0.398 e. The molecule has 1 rings (SSSR count). The summed E-state index contributed by atoms with van der Waals surface area (Å²) in [7, 11) is -8.30. The Hall–Kier alpha value is -0.870. The zero-order valence-electron chi connectivity index (χ0n) is 9.25. The number of primary sulfonamides is 1. The van der Waals surface area contributed by atoms with Crippen molar-refractivity contribution >= 4 is 37.4 Å². The smallest absolute Gasteiger partial charge is 0.298 e. The van der Waals surface area contributed by atoms with E-state index in [0.717, 1.165) is 12.1 Å². The third-order valence-electron chi connectivity index (χ3n) is 1.91. The molecule has 0 radical (unpaired) electrons. The average Bonchev–Trinajstić information content (AvgIpc) is 2.14. The molecule has 0 fully saturated rings. The predicted molar refractivity (Wildman–Crippen MR) is 66.0 cm³/mol. The standard InChI is InChI=1S/C8H11ClN2O5S2/c1-2-16-18(14,15)7-4-8(17(11,12)13)6(10)3-5(7)9/h3-4H,2,10H2,1H3,(H2,11,12,13). The van der Waals surface area contributed by atoms with Crippen molar-refractivity contribution in [3.8, 4) is 0 Å². The van der Waals surface area contributed by atoms with Crippen LogP contribution in [-0.4, -0.2) is 23.4 Å². The maximum Gasteiger partial charge on any atom is 0.298 e. The summed E-state index contributed by atoms with van der Waals surface area (Å²) >= 11 is 5.70. The highest BCUT2D eigenvalue weighted by molar-refractivity contribution is 7.89. The summed E-state index contributed by atoms with van der Waals surface area (Å²) in [5.41, 5.74) is 5.18. The van der Waals surface area contributed by atoms with E-state index in [1.807, 2.05) is 0 Å². The summed E-state index contributed by atoms with van der Waals surface area (Å²) in [6.45, 7) is 1.34. The van der Waals surface area contributed by atoms with Crippen LogP contribution in [0, 0.1) is 0 Å². The molecule has 4 N–H and O–H groups in total. The Kier molecular flexibility index (Phi) is 4.23. The topological polar surface area (TPSA) is 130 Å². The first kappa shape index (κ1) is 15.2. The normalized spacial score (nSPS) is 12.6. The molecule has 10 heteroatoms. The lowest BCUT2D eigenvalue weighted by atomic mass is 10.3. The Morgan fingerprint density at radius 2 is 1.78 bits per heavy atom. The van der Waals surface area contributed by atoms with E-state index >= 15 is 0 Å². The highest BCUT2D eigenvalue weighted by Crippen LogP contribution is 2.30. The van der Waals surface area contributed by atoms with Gasteiger partial charge in [-0.1, -0.05) is 11.6 Å². The number of hydrogen-bond acceptors (Lipinski definition) is 6. The predicted octanol–water partition coefficient (Wildman–Crippen LogP) is 0.295. The van der Waals surface area contributed by atoms with E-state index in [2.05, 4.69) is 4.18 Å². The third kappa shape index (κ3) is 3.12. The van der Waals surface area contributed by atoms with Crippen molar-refractivity contribution in [2.75, 3.05) is 12.3 Å². The highest BCUT2D eigenvalue weighted by atomic mass is 35.5. The maximum atomic E-state index is 11.7. The quantitative estimate of drug-likeness (QED) is 0.607. The van der Waals surface area contributed by atoms with E-state index in [9.17, 15) is 16.8 Å². The minimum absolute atomic E-state index is 0.117. The van der Waals surface area contributed by atoms with Crippen LogP contribution in [0.2, 0.25) is 5.02 Å². The van der Waals surface area contributed by atoms with Gasteiger partial charge in [0.2, 0.25) is 10.0 Å². The molecule has 0 spiro atoms. The number of rotatable bonds is 4. The van der Waals surface area contributed by atoms with Gasteiger partial charge in [-0.2, -0.15) is 8.42 Å². The molecule has 0 aliphatic heterocycles. The summed E-state index contributed by atoms with van der Waals surface area (Å²) in [5, 5.41) is 4.67. The molecule has 0 aromatic heterocycles. The minimum Gasteiger partial charge on any atom is -0.398 e. The van der Waals surface area contributed by atoms with Crippen molar-refractivity contribution in [3.05, 3.63) is 17.2 Å². The first-order chi connectivity index (χ1) is 8.09. The second-order valence-corrected chi connectivity index (χ2v) is 6.75. The van der Waals surface area contributed by atoms with Crippen LogP contribution in [0.25, 0.3) is 0 Å². The number of nitrogens with two attached hydrogens (primary N) is 2. The van der Waals surface area contributed by atoms with Crippen molar-refractivity contribution in [2.24, 2.45) is 5.14 Å². The molecule has 18 heavy (non-hydrogen) atoms. The second-order valence-electron chi connectivity index (χ2n) is 3.23. The molecule has 0 heterocycles. The highest BCUT2D eigenvalue weighted by Gasteiger charge is 2.23. The van der Waals surface area contributed by atoms with Gasteiger partial charge in [0.05, 0.1) is 17.3 Å². The summed E-state index contributed by atoms with van der Waals surface area (Å²) in [6, 6.07) is 1.77. The van der Waals surface area contributed by atoms with Crippen LogP contribution in [-0.2, 0) is 24.3 Å². The minimum atomic E-state index is -4.15. The van der Waals surface area contributed by atoms with Crippen LogP contribution in [0.5, 0.6) is 0 Å². The van der Waals surface area contributed by atoms with Crippen LogP contribution < -0.4 is 10.9 Å². The average molecular weight is 315 g/mol. The van der Waals surface area contributed by atoms with Crippen LogP contribution in [0.1, 0.15) is 6.92 Å². The van der Waals surface area contributed by atoms with Gasteiger partial charge in [0, 0.05) is 0 Å². The number of benzene rings is 1. The molecule has 0 saturated heterocycles. The van der Waals surface area contributed by atoms with Gasteiger partial charge in [-0.3, -0.25) is 4.18 Å². The van der Waals surface area contributed by atoms with Gasteiger partial charge in [0.1, 0.15) is 9.79 Å². The lowest BCUT2D eigenvalue weighted by Crippen LogP contribution is -2.16. The Balaban J connectivity index is 3.59. The molecule has 0 bridgehead atoms. The number of nitrogen functional groups attached to an aromatic ring is 1. The molecule has 0 atom stereocenters. The third-order valence-corrected chi connectivity index (χ3v) is 4.73. The van der Waals surface area contributed by atoms with E-state index in [4.69, 9.17) is 22.5 Å². The second kappa shape index (κ2) is 5.02. The van der Waals surface area contributed by atoms with Gasteiger partial charge in [0.15, 0.2) is 0 Å². The summed E-state index contributed by atoms with van der Waals surface area (Å²) in [4.78, 5) is -1.02. The van der Waals surface area contributed by atoms with Crippen molar-refractivity contribution in [2.45, 2.75) is 16.7 Å². The van der Waals surface area contributed by atoms with Crippen LogP contribution >= 0.6 is 11.6 Å². The molecule has 0 unspecified atom stereocenters. The van der Waals surface area contributed by atoms with E-state index in [1.165, 1.54) is 6.92 Å². The van der Waals surface area contributed by atoms with Gasteiger partial charge in [-0.25, -0.2) is 13.6 Å². The number of sulfonamides is 1. The molecule has 0 aliphatic rings. The summed E-state index contributed by atoms with van der Waals surface area (Å²) < 4.78 is 50.3. The van der Waals surface area contributed by atoms with Crippen LogP contribution in [0.15, 0.2) is 21.9 Å². The van der Waals surface area contributed by atoms with E-state index in [-0.39, 0.29) is 17.3 Å². The summed E-state index contributed by atoms with van der Waals surface area (Å²) in [5.74, 6) is 0. The van der Waals surface area contributed by atoms with Crippen molar-refractivity contribution in [3.63, 3.8) is 0 Å². The fourth-order valence-corrected chi connectivity index (χ4v) is 3.40. The molecule has 0 amide bonds. The van der Waals surface area contributed by atoms with Crippen molar-refractivity contribution < 1.29 is 21.0 Å². The fraction of sp³-hybridized carbons (Fsp3) is 0.250. The molecule has 102 valence electrons. The molecule has 0 aliphatic carbocycles. The Labute approximate surface area is 110 Å². The molecular formula is C8H11ClN2O5S2. The maximum absolute atomic E-state index is 11.7. The fourth-order valence-electron chi connectivity index (χ4n) is 1.21. The lowest BCUT2D eigenvalue weighted by Gasteiger charge is -2.09. The Morgan fingerprint density at radius 1 is 1.22 bits per heavy atom. The van der Waals surface area contributed by atoms with E-state index < -0.39 is 29.9 Å². The number of hydrogen-bond donors (Lipinski definition) is 2. The number of halogens is 1. The monoisotopic (exact) mass is 314 g/mol. The lowest BCUT2D eigenvalue weighted by molar-refractivity contribution is 0.338.